The molecule has 4 N–H and O–H groups in total. The van der Waals surface area contributed by atoms with E-state index < -0.39 is 0 Å². The highest BCUT2D eigenvalue weighted by Crippen LogP contribution is 2.44. The third-order valence-electron chi connectivity index (χ3n) is 7.13. The van der Waals surface area contributed by atoms with E-state index in [0.29, 0.717) is 12.5 Å². The quantitative estimate of drug-likeness (QED) is 0.446. The number of carbonyl (C=O) groups is 1. The second-order valence-electron chi connectivity index (χ2n) is 9.22. The Bertz CT molecular complexity index is 1090. The summed E-state index contributed by atoms with van der Waals surface area (Å²) in [6.07, 6.45) is 3.97. The zero-order valence-corrected chi connectivity index (χ0v) is 19.7. The number of benzene rings is 1. The molecule has 1 amide bonds. The molecule has 32 heavy (non-hydrogen) atoms. The molecule has 1 aliphatic carbocycles. The van der Waals surface area contributed by atoms with E-state index in [4.69, 9.17) is 4.98 Å². The number of thiophene rings is 1. The Balaban J connectivity index is 1.16. The highest BCUT2D eigenvalue weighted by atomic mass is 32.1. The van der Waals surface area contributed by atoms with Gasteiger partial charge in [-0.1, -0.05) is 12.1 Å². The minimum atomic E-state index is 0.0891. The number of hydrogen-bond donors (Lipinski definition) is 4. The maximum atomic E-state index is 12.9. The normalized spacial score (nSPS) is 24.6. The number of anilines is 1. The number of nitrogens with zero attached hydrogens (tertiary/aromatic N) is 1. The highest BCUT2D eigenvalue weighted by Gasteiger charge is 2.36. The smallest absolute Gasteiger partial charge is 0.226 e. The first-order valence-electron chi connectivity index (χ1n) is 11.7. The largest absolute Gasteiger partial charge is 0.317 e. The molecule has 3 aliphatic rings. The van der Waals surface area contributed by atoms with Gasteiger partial charge in [-0.25, -0.2) is 4.98 Å². The van der Waals surface area contributed by atoms with Crippen molar-refractivity contribution in [3.8, 4) is 10.6 Å². The Labute approximate surface area is 196 Å². The molecule has 0 radical (unpaired) electrons. The molecule has 6 rings (SSSR count). The maximum Gasteiger partial charge on any atom is 0.226 e. The fraction of sp³-hybridized carbons (Fsp3) is 0.500. The van der Waals surface area contributed by atoms with Crippen molar-refractivity contribution in [1.29, 1.82) is 0 Å². The second kappa shape index (κ2) is 8.83. The average molecular weight is 468 g/mol. The lowest BCUT2D eigenvalue weighted by Crippen LogP contribution is -2.31. The molecular formula is C24H29N5OS2. The molecule has 4 heterocycles. The Morgan fingerprint density at radius 3 is 2.81 bits per heavy atom. The van der Waals surface area contributed by atoms with Crippen LogP contribution in [0.5, 0.6) is 0 Å². The molecule has 2 aliphatic heterocycles. The molecule has 2 aromatic heterocycles. The first-order chi connectivity index (χ1) is 15.7. The van der Waals surface area contributed by atoms with Crippen LogP contribution in [0.25, 0.3) is 20.8 Å². The first kappa shape index (κ1) is 20.7. The zero-order valence-electron chi connectivity index (χ0n) is 18.1. The van der Waals surface area contributed by atoms with Crippen molar-refractivity contribution in [3.63, 3.8) is 0 Å². The molecular weight excluding hydrogens is 438 g/mol. The van der Waals surface area contributed by atoms with Gasteiger partial charge in [-0.05, 0) is 68.4 Å². The third kappa shape index (κ3) is 3.99. The van der Waals surface area contributed by atoms with E-state index in [1.54, 1.807) is 22.7 Å². The van der Waals surface area contributed by atoms with E-state index in [1.165, 1.54) is 28.0 Å². The number of hydrogen-bond acceptors (Lipinski definition) is 7. The van der Waals surface area contributed by atoms with Crippen molar-refractivity contribution in [2.45, 2.75) is 38.3 Å². The lowest BCUT2D eigenvalue weighted by atomic mass is 10.0. The summed E-state index contributed by atoms with van der Waals surface area (Å²) in [5, 5.41) is 15.8. The Morgan fingerprint density at radius 1 is 1.12 bits per heavy atom. The summed E-state index contributed by atoms with van der Waals surface area (Å²) in [5.41, 5.74) is 3.52. The van der Waals surface area contributed by atoms with Crippen LogP contribution < -0.4 is 21.3 Å². The van der Waals surface area contributed by atoms with E-state index in [9.17, 15) is 4.79 Å². The fourth-order valence-electron chi connectivity index (χ4n) is 5.54. The summed E-state index contributed by atoms with van der Waals surface area (Å²) in [5.74, 6) is 1.73. The summed E-state index contributed by atoms with van der Waals surface area (Å²) in [6, 6.07) is 8.84. The molecule has 2 unspecified atom stereocenters. The summed E-state index contributed by atoms with van der Waals surface area (Å²) in [6.45, 7) is 4.91. The Morgan fingerprint density at radius 2 is 1.97 bits per heavy atom. The number of para-hydroxylation sites is 1. The van der Waals surface area contributed by atoms with Gasteiger partial charge in [-0.15, -0.1) is 22.7 Å². The molecule has 168 valence electrons. The van der Waals surface area contributed by atoms with Crippen LogP contribution in [0.2, 0.25) is 0 Å². The predicted molar refractivity (Wildman–Crippen MR) is 132 cm³/mol. The minimum Gasteiger partial charge on any atom is -0.317 e. The van der Waals surface area contributed by atoms with E-state index in [2.05, 4.69) is 39.5 Å². The van der Waals surface area contributed by atoms with Crippen LogP contribution in [0.15, 0.2) is 24.3 Å². The van der Waals surface area contributed by atoms with Crippen molar-refractivity contribution in [2.24, 2.45) is 11.8 Å². The SMILES string of the molecule is O=C(CCNC1CC2CNCC2C1)Nc1sc2c(c1-c1nc3ccccc3s1)CCNC2. The van der Waals surface area contributed by atoms with Gasteiger partial charge in [0.2, 0.25) is 5.91 Å². The Hall–Kier alpha value is -1.84. The molecule has 1 saturated heterocycles. The van der Waals surface area contributed by atoms with Crippen molar-refractivity contribution < 1.29 is 4.79 Å². The summed E-state index contributed by atoms with van der Waals surface area (Å²) in [7, 11) is 0. The highest BCUT2D eigenvalue weighted by molar-refractivity contribution is 7.22. The van der Waals surface area contributed by atoms with Crippen molar-refractivity contribution in [2.75, 3.05) is 31.5 Å². The molecule has 8 heteroatoms. The molecule has 3 aromatic rings. The number of nitrogens with one attached hydrogen (secondary N) is 4. The molecule has 6 nitrogen and oxygen atoms in total. The van der Waals surface area contributed by atoms with Crippen LogP contribution >= 0.6 is 22.7 Å². The fourth-order valence-corrected chi connectivity index (χ4v) is 7.88. The monoisotopic (exact) mass is 467 g/mol. The lowest BCUT2D eigenvalue weighted by molar-refractivity contribution is -0.116. The summed E-state index contributed by atoms with van der Waals surface area (Å²) < 4.78 is 1.19. The molecule has 0 bridgehead atoms. The van der Waals surface area contributed by atoms with Crippen LogP contribution in [-0.4, -0.2) is 43.1 Å². The van der Waals surface area contributed by atoms with E-state index in [0.717, 1.165) is 72.1 Å². The van der Waals surface area contributed by atoms with Crippen LogP contribution in [-0.2, 0) is 17.8 Å². The Kier molecular flexibility index (Phi) is 5.73. The summed E-state index contributed by atoms with van der Waals surface area (Å²) in [4.78, 5) is 19.1. The molecule has 2 atom stereocenters. The molecule has 2 fully saturated rings. The van der Waals surface area contributed by atoms with Gasteiger partial charge in [0.05, 0.1) is 10.2 Å². The predicted octanol–water partition coefficient (Wildman–Crippen LogP) is 3.59. The van der Waals surface area contributed by atoms with Crippen molar-refractivity contribution in [1.82, 2.24) is 20.9 Å². The van der Waals surface area contributed by atoms with Gasteiger partial charge >= 0.3 is 0 Å². The number of carbonyl (C=O) groups excluding carboxylic acids is 1. The van der Waals surface area contributed by atoms with E-state index in [1.807, 2.05) is 6.07 Å². The van der Waals surface area contributed by atoms with Crippen LogP contribution in [0.4, 0.5) is 5.00 Å². The molecule has 1 aromatic carbocycles. The zero-order chi connectivity index (χ0) is 21.5. The van der Waals surface area contributed by atoms with Gasteiger partial charge < -0.3 is 21.3 Å². The first-order valence-corrected chi connectivity index (χ1v) is 13.3. The maximum absolute atomic E-state index is 12.9. The van der Waals surface area contributed by atoms with Gasteiger partial charge in [-0.2, -0.15) is 0 Å². The van der Waals surface area contributed by atoms with Gasteiger partial charge in [0.25, 0.3) is 0 Å². The average Bonchev–Trinajstić information content (AvgIpc) is 3.54. The van der Waals surface area contributed by atoms with Gasteiger partial charge in [0.15, 0.2) is 0 Å². The second-order valence-corrected chi connectivity index (χ2v) is 11.4. The van der Waals surface area contributed by atoms with Crippen LogP contribution in [0.3, 0.4) is 0 Å². The van der Waals surface area contributed by atoms with Crippen LogP contribution in [0.1, 0.15) is 29.7 Å². The van der Waals surface area contributed by atoms with Gasteiger partial charge in [0, 0.05) is 36.0 Å². The topological polar surface area (TPSA) is 78.1 Å². The van der Waals surface area contributed by atoms with Crippen molar-refractivity contribution >= 4 is 43.8 Å². The number of aromatic nitrogens is 1. The number of amides is 1. The number of thiazole rings is 1. The number of rotatable bonds is 6. The van der Waals surface area contributed by atoms with E-state index in [-0.39, 0.29) is 5.91 Å². The van der Waals surface area contributed by atoms with Crippen LogP contribution in [0, 0.1) is 11.8 Å². The lowest BCUT2D eigenvalue weighted by Gasteiger charge is -2.14. The number of fused-ring (bicyclic) bond motifs is 3. The molecule has 1 saturated carbocycles. The van der Waals surface area contributed by atoms with Crippen molar-refractivity contribution in [3.05, 3.63) is 34.7 Å². The standard InChI is InChI=1S/C24H29N5OS2/c30-21(6-8-27-16-9-14-11-26-12-15(14)10-16)29-24-22(17-5-7-25-13-20(17)32-24)23-28-18-3-1-2-4-19(18)31-23/h1-4,14-16,25-27H,5-13H2,(H,29,30). The van der Waals surface area contributed by atoms with Gasteiger partial charge in [-0.3, -0.25) is 4.79 Å². The summed E-state index contributed by atoms with van der Waals surface area (Å²) >= 11 is 3.43. The minimum absolute atomic E-state index is 0.0891. The van der Waals surface area contributed by atoms with Gasteiger partial charge in [0.1, 0.15) is 10.0 Å². The molecule has 0 spiro atoms. The van der Waals surface area contributed by atoms with E-state index >= 15 is 0 Å². The third-order valence-corrected chi connectivity index (χ3v) is 9.33.